The van der Waals surface area contributed by atoms with E-state index in [1.807, 2.05) is 36.9 Å². The van der Waals surface area contributed by atoms with E-state index in [9.17, 15) is 4.79 Å². The Morgan fingerprint density at radius 2 is 2.05 bits per heavy atom. The lowest BCUT2D eigenvalue weighted by atomic mass is 10.2. The lowest BCUT2D eigenvalue weighted by molar-refractivity contribution is 0.174. The fourth-order valence-electron chi connectivity index (χ4n) is 2.34. The third-order valence-electron chi connectivity index (χ3n) is 3.48. The van der Waals surface area contributed by atoms with Crippen LogP contribution in [0, 0.1) is 0 Å². The first-order valence-corrected chi connectivity index (χ1v) is 6.74. The Morgan fingerprint density at radius 1 is 1.25 bits per heavy atom. The summed E-state index contributed by atoms with van der Waals surface area (Å²) in [5.74, 6) is 1.44. The van der Waals surface area contributed by atoms with Crippen LogP contribution in [0.5, 0.6) is 11.5 Å². The van der Waals surface area contributed by atoms with Crippen LogP contribution in [0.4, 0.5) is 10.5 Å². The number of rotatable bonds is 3. The quantitative estimate of drug-likeness (QED) is 0.796. The summed E-state index contributed by atoms with van der Waals surface area (Å²) in [6, 6.07) is 5.66. The molecule has 1 aromatic rings. The minimum atomic E-state index is 0.0429. The van der Waals surface area contributed by atoms with E-state index >= 15 is 0 Å². The first-order valence-electron chi connectivity index (χ1n) is 6.74. The molecule has 0 aromatic heterocycles. The minimum absolute atomic E-state index is 0.0429. The van der Waals surface area contributed by atoms with Gasteiger partial charge in [-0.1, -0.05) is 11.6 Å². The summed E-state index contributed by atoms with van der Waals surface area (Å²) < 4.78 is 10.6. The molecule has 5 nitrogen and oxygen atoms in total. The van der Waals surface area contributed by atoms with Crippen molar-refractivity contribution in [3.63, 3.8) is 0 Å². The van der Waals surface area contributed by atoms with Crippen molar-refractivity contribution in [3.05, 3.63) is 29.8 Å². The molecule has 0 aliphatic carbocycles. The van der Waals surface area contributed by atoms with Crippen LogP contribution in [-0.2, 0) is 0 Å². The van der Waals surface area contributed by atoms with Gasteiger partial charge in [0.1, 0.15) is 0 Å². The smallest absolute Gasteiger partial charge is 0.324 e. The van der Waals surface area contributed by atoms with Crippen molar-refractivity contribution in [2.75, 3.05) is 31.3 Å². The van der Waals surface area contributed by atoms with Gasteiger partial charge in [-0.3, -0.25) is 4.90 Å². The fraction of sp³-hybridized carbons (Fsp3) is 0.400. The van der Waals surface area contributed by atoms with Gasteiger partial charge in [-0.15, -0.1) is 0 Å². The topological polar surface area (TPSA) is 42.0 Å². The first kappa shape index (κ1) is 12.8. The number of ether oxygens (including phenoxy) is 2. The number of carbonyl (C=O) groups excluding carboxylic acids is 1. The Balaban J connectivity index is 1.75. The zero-order valence-electron chi connectivity index (χ0n) is 11.8. The van der Waals surface area contributed by atoms with Crippen molar-refractivity contribution in [1.29, 1.82) is 0 Å². The molecule has 106 valence electrons. The molecule has 0 radical (unpaired) electrons. The second-order valence-corrected chi connectivity index (χ2v) is 5.20. The predicted octanol–water partition coefficient (Wildman–Crippen LogP) is 2.62. The normalized spacial score (nSPS) is 16.8. The van der Waals surface area contributed by atoms with Crippen LogP contribution in [-0.4, -0.2) is 37.4 Å². The predicted molar refractivity (Wildman–Crippen MR) is 76.3 cm³/mol. The summed E-state index contributed by atoms with van der Waals surface area (Å²) in [5.41, 5.74) is 2.08. The minimum Gasteiger partial charge on any atom is -0.454 e. The Bertz CT molecular complexity index is 564. The van der Waals surface area contributed by atoms with E-state index < -0.39 is 0 Å². The molecule has 2 aliphatic heterocycles. The van der Waals surface area contributed by atoms with Gasteiger partial charge < -0.3 is 14.4 Å². The number of hydrogen-bond donors (Lipinski definition) is 0. The maximum absolute atomic E-state index is 12.4. The van der Waals surface area contributed by atoms with E-state index in [2.05, 4.69) is 6.08 Å². The van der Waals surface area contributed by atoms with Crippen molar-refractivity contribution >= 4 is 11.7 Å². The molecular formula is C15H18N2O3. The highest BCUT2D eigenvalue weighted by Crippen LogP contribution is 2.36. The Kier molecular flexibility index (Phi) is 3.26. The van der Waals surface area contributed by atoms with Crippen molar-refractivity contribution in [3.8, 4) is 11.5 Å². The molecule has 2 heterocycles. The molecule has 3 rings (SSSR count). The van der Waals surface area contributed by atoms with E-state index in [0.29, 0.717) is 18.8 Å². The van der Waals surface area contributed by atoms with Gasteiger partial charge in [-0.25, -0.2) is 4.79 Å². The van der Waals surface area contributed by atoms with Crippen molar-refractivity contribution < 1.29 is 14.3 Å². The van der Waals surface area contributed by atoms with E-state index in [4.69, 9.17) is 9.47 Å². The molecule has 20 heavy (non-hydrogen) atoms. The van der Waals surface area contributed by atoms with Crippen LogP contribution in [0.15, 0.2) is 29.8 Å². The van der Waals surface area contributed by atoms with E-state index in [0.717, 1.165) is 18.0 Å². The van der Waals surface area contributed by atoms with Crippen LogP contribution in [0.2, 0.25) is 0 Å². The van der Waals surface area contributed by atoms with Gasteiger partial charge in [0.2, 0.25) is 6.79 Å². The Morgan fingerprint density at radius 3 is 2.85 bits per heavy atom. The molecule has 1 aromatic carbocycles. The maximum Gasteiger partial charge on any atom is 0.324 e. The van der Waals surface area contributed by atoms with Crippen LogP contribution in [0.3, 0.4) is 0 Å². The third kappa shape index (κ3) is 2.31. The monoisotopic (exact) mass is 274 g/mol. The molecule has 2 amide bonds. The standard InChI is InChI=1S/C15H18N2O3/c1-11(2)5-6-16-7-8-17(15(16)18)12-3-4-13-14(9-12)20-10-19-13/h3-5,9H,6-8,10H2,1-2H3. The molecule has 0 spiro atoms. The third-order valence-corrected chi connectivity index (χ3v) is 3.48. The number of nitrogens with zero attached hydrogens (tertiary/aromatic N) is 2. The van der Waals surface area contributed by atoms with Gasteiger partial charge in [0.05, 0.1) is 0 Å². The van der Waals surface area contributed by atoms with Gasteiger partial charge >= 0.3 is 6.03 Å². The highest BCUT2D eigenvalue weighted by molar-refractivity contribution is 5.94. The second kappa shape index (κ2) is 5.07. The number of allylic oxidation sites excluding steroid dienone is 1. The fourth-order valence-corrected chi connectivity index (χ4v) is 2.34. The second-order valence-electron chi connectivity index (χ2n) is 5.20. The summed E-state index contributed by atoms with van der Waals surface area (Å²) >= 11 is 0. The zero-order chi connectivity index (χ0) is 14.1. The summed E-state index contributed by atoms with van der Waals surface area (Å²) in [5, 5.41) is 0. The molecule has 0 atom stereocenters. The van der Waals surface area contributed by atoms with Gasteiger partial charge in [-0.05, 0) is 26.0 Å². The molecule has 5 heteroatoms. The molecule has 2 aliphatic rings. The molecule has 0 N–H and O–H groups in total. The molecular weight excluding hydrogens is 256 g/mol. The van der Waals surface area contributed by atoms with Crippen molar-refractivity contribution in [1.82, 2.24) is 4.90 Å². The number of anilines is 1. The number of benzene rings is 1. The first-order chi connectivity index (χ1) is 9.65. The average molecular weight is 274 g/mol. The van der Waals surface area contributed by atoms with Crippen molar-refractivity contribution in [2.24, 2.45) is 0 Å². The number of amides is 2. The summed E-state index contributed by atoms with van der Waals surface area (Å²) in [7, 11) is 0. The van der Waals surface area contributed by atoms with E-state index in [-0.39, 0.29) is 12.8 Å². The van der Waals surface area contributed by atoms with Crippen LogP contribution >= 0.6 is 0 Å². The largest absolute Gasteiger partial charge is 0.454 e. The van der Waals surface area contributed by atoms with Gasteiger partial charge in [0, 0.05) is 31.4 Å². The average Bonchev–Trinajstić information content (AvgIpc) is 3.02. The lowest BCUT2D eigenvalue weighted by Crippen LogP contribution is -2.31. The van der Waals surface area contributed by atoms with Crippen LogP contribution in [0.1, 0.15) is 13.8 Å². The number of hydrogen-bond acceptors (Lipinski definition) is 3. The number of urea groups is 1. The molecule has 1 fully saturated rings. The number of fused-ring (bicyclic) bond motifs is 1. The lowest BCUT2D eigenvalue weighted by Gasteiger charge is -2.18. The Labute approximate surface area is 118 Å². The molecule has 0 saturated carbocycles. The van der Waals surface area contributed by atoms with E-state index in [1.54, 1.807) is 4.90 Å². The summed E-state index contributed by atoms with van der Waals surface area (Å²) in [6.45, 7) is 6.44. The highest BCUT2D eigenvalue weighted by atomic mass is 16.7. The van der Waals surface area contributed by atoms with E-state index in [1.165, 1.54) is 5.57 Å². The van der Waals surface area contributed by atoms with Gasteiger partial charge in [0.25, 0.3) is 0 Å². The Hall–Kier alpha value is -2.17. The summed E-state index contributed by atoms with van der Waals surface area (Å²) in [6.07, 6.45) is 2.07. The highest BCUT2D eigenvalue weighted by Gasteiger charge is 2.29. The molecule has 0 unspecified atom stereocenters. The van der Waals surface area contributed by atoms with Crippen LogP contribution in [0.25, 0.3) is 0 Å². The molecule has 0 bridgehead atoms. The summed E-state index contributed by atoms with van der Waals surface area (Å²) in [4.78, 5) is 16.0. The van der Waals surface area contributed by atoms with Gasteiger partial charge in [0.15, 0.2) is 11.5 Å². The van der Waals surface area contributed by atoms with Gasteiger partial charge in [-0.2, -0.15) is 0 Å². The SMILES string of the molecule is CC(C)=CCN1CCN(c2ccc3c(c2)OCO3)C1=O. The molecule has 1 saturated heterocycles. The van der Waals surface area contributed by atoms with Crippen molar-refractivity contribution in [2.45, 2.75) is 13.8 Å². The maximum atomic E-state index is 12.4. The zero-order valence-corrected chi connectivity index (χ0v) is 11.8. The van der Waals surface area contributed by atoms with Crippen LogP contribution < -0.4 is 14.4 Å². The number of carbonyl (C=O) groups is 1.